The van der Waals surface area contributed by atoms with Crippen LogP contribution < -0.4 is 0 Å². The normalized spacial score (nSPS) is 20.7. The second-order valence-electron chi connectivity index (χ2n) is 11.5. The van der Waals surface area contributed by atoms with Crippen molar-refractivity contribution in [3.8, 4) is 0 Å². The largest absolute Gasteiger partial charge is 0.445 e. The lowest BCUT2D eigenvalue weighted by molar-refractivity contribution is -0.384. The summed E-state index contributed by atoms with van der Waals surface area (Å²) in [4.78, 5) is 42.6. The maximum absolute atomic E-state index is 13.3. The average Bonchev–Trinajstić information content (AvgIpc) is 3.40. The van der Waals surface area contributed by atoms with Gasteiger partial charge in [-0.3, -0.25) is 14.9 Å². The van der Waals surface area contributed by atoms with Crippen LogP contribution in [0.3, 0.4) is 0 Å². The molecule has 230 valence electrons. The minimum absolute atomic E-state index is 0.0151. The third-order valence-corrected chi connectivity index (χ3v) is 8.68. The molecule has 2 aliphatic rings. The van der Waals surface area contributed by atoms with Gasteiger partial charge < -0.3 is 24.5 Å². The standard InChI is InChI=1S/C34H38N4O6/c1-2-19-37(33(40)44-24-26-13-15-31(16-14-26)38(42)43)30-17-20-35(21-18-30)22-29-23-36(32(39)27-9-5-3-6-10-27)25-34(29,41)28-11-7-4-8-12-28/h2-16,29-30,41H,1,17-25H2. The van der Waals surface area contributed by atoms with Crippen molar-refractivity contribution in [3.05, 3.63) is 124 Å². The Balaban J connectivity index is 1.21. The molecule has 0 radical (unpaired) electrons. The predicted octanol–water partition coefficient (Wildman–Crippen LogP) is 4.84. The highest BCUT2D eigenvalue weighted by atomic mass is 16.6. The molecule has 2 saturated heterocycles. The van der Waals surface area contributed by atoms with Crippen molar-refractivity contribution in [1.29, 1.82) is 0 Å². The highest BCUT2D eigenvalue weighted by molar-refractivity contribution is 5.94. The summed E-state index contributed by atoms with van der Waals surface area (Å²) in [5.41, 5.74) is 0.873. The summed E-state index contributed by atoms with van der Waals surface area (Å²) in [6.45, 7) is 6.89. The van der Waals surface area contributed by atoms with E-state index in [9.17, 15) is 24.8 Å². The first-order chi connectivity index (χ1) is 21.3. The number of ether oxygens (including phenoxy) is 1. The molecule has 0 spiro atoms. The van der Waals surface area contributed by atoms with Crippen LogP contribution >= 0.6 is 0 Å². The van der Waals surface area contributed by atoms with Gasteiger partial charge in [-0.05, 0) is 48.2 Å². The minimum Gasteiger partial charge on any atom is -0.445 e. The van der Waals surface area contributed by atoms with Gasteiger partial charge in [0.25, 0.3) is 11.6 Å². The first-order valence-corrected chi connectivity index (χ1v) is 14.9. The van der Waals surface area contributed by atoms with Gasteiger partial charge in [-0.25, -0.2) is 4.79 Å². The molecule has 0 aliphatic carbocycles. The quantitative estimate of drug-likeness (QED) is 0.202. The lowest BCUT2D eigenvalue weighted by atomic mass is 9.83. The van der Waals surface area contributed by atoms with Crippen molar-refractivity contribution in [1.82, 2.24) is 14.7 Å². The highest BCUT2D eigenvalue weighted by Gasteiger charge is 2.48. The molecular weight excluding hydrogens is 560 g/mol. The summed E-state index contributed by atoms with van der Waals surface area (Å²) >= 11 is 0. The smallest absolute Gasteiger partial charge is 0.410 e. The van der Waals surface area contributed by atoms with E-state index in [1.54, 1.807) is 40.1 Å². The minimum atomic E-state index is -1.18. The summed E-state index contributed by atoms with van der Waals surface area (Å²) in [7, 11) is 0. The van der Waals surface area contributed by atoms with E-state index in [4.69, 9.17) is 4.74 Å². The van der Waals surface area contributed by atoms with E-state index in [0.717, 1.165) is 31.5 Å². The third-order valence-electron chi connectivity index (χ3n) is 8.68. The van der Waals surface area contributed by atoms with Gasteiger partial charge in [0, 0.05) is 62.4 Å². The number of nitro benzene ring substituents is 1. The van der Waals surface area contributed by atoms with Crippen molar-refractivity contribution < 1.29 is 24.4 Å². The molecule has 10 nitrogen and oxygen atoms in total. The van der Waals surface area contributed by atoms with E-state index < -0.39 is 16.6 Å². The number of nitro groups is 1. The number of carbonyl (C=O) groups excluding carboxylic acids is 2. The Kier molecular flexibility index (Phi) is 9.72. The molecule has 2 aliphatic heterocycles. The summed E-state index contributed by atoms with van der Waals surface area (Å²) < 4.78 is 5.56. The van der Waals surface area contributed by atoms with Crippen LogP contribution in [0.5, 0.6) is 0 Å². The number of rotatable bonds is 10. The number of hydrogen-bond donors (Lipinski definition) is 1. The lowest BCUT2D eigenvalue weighted by Crippen LogP contribution is -2.50. The Hall–Kier alpha value is -4.54. The van der Waals surface area contributed by atoms with E-state index in [2.05, 4.69) is 11.5 Å². The molecule has 2 heterocycles. The fraction of sp³-hybridized carbons (Fsp3) is 0.353. The SMILES string of the molecule is C=CCN(C(=O)OCc1ccc([N+](=O)[O-])cc1)C1CCN(CC2CN(C(=O)c3ccccc3)CC2(O)c2ccccc2)CC1. The van der Waals surface area contributed by atoms with Crippen LogP contribution in [0.15, 0.2) is 97.6 Å². The van der Waals surface area contributed by atoms with Crippen LogP contribution in [0, 0.1) is 16.0 Å². The van der Waals surface area contributed by atoms with Crippen molar-refractivity contribution in [2.75, 3.05) is 39.3 Å². The van der Waals surface area contributed by atoms with Gasteiger partial charge >= 0.3 is 6.09 Å². The molecule has 5 rings (SSSR count). The lowest BCUT2D eigenvalue weighted by Gasteiger charge is -2.40. The molecule has 0 bridgehead atoms. The molecule has 44 heavy (non-hydrogen) atoms. The number of β-amino-alcohol motifs (C(OH)–C–C–N with tert-alkyl or cyclic N) is 1. The van der Waals surface area contributed by atoms with Crippen molar-refractivity contribution in [3.63, 3.8) is 0 Å². The van der Waals surface area contributed by atoms with E-state index in [1.807, 2.05) is 48.5 Å². The molecule has 0 saturated carbocycles. The number of piperidine rings is 1. The maximum atomic E-state index is 13.3. The average molecular weight is 599 g/mol. The Morgan fingerprint density at radius 2 is 1.66 bits per heavy atom. The number of likely N-dealkylation sites (tertiary alicyclic amines) is 2. The second kappa shape index (κ2) is 13.8. The first kappa shape index (κ1) is 30.9. The second-order valence-corrected chi connectivity index (χ2v) is 11.5. The van der Waals surface area contributed by atoms with Gasteiger partial charge in [0.2, 0.25) is 0 Å². The fourth-order valence-electron chi connectivity index (χ4n) is 6.26. The monoisotopic (exact) mass is 598 g/mol. The van der Waals surface area contributed by atoms with Gasteiger partial charge in [-0.15, -0.1) is 6.58 Å². The Morgan fingerprint density at radius 3 is 2.27 bits per heavy atom. The number of nitrogens with zero attached hydrogens (tertiary/aromatic N) is 4. The van der Waals surface area contributed by atoms with E-state index in [0.29, 0.717) is 30.8 Å². The van der Waals surface area contributed by atoms with E-state index in [1.165, 1.54) is 12.1 Å². The molecule has 2 fully saturated rings. The molecule has 10 heteroatoms. The number of amides is 2. The van der Waals surface area contributed by atoms with Crippen LogP contribution in [0.1, 0.15) is 34.3 Å². The van der Waals surface area contributed by atoms with Gasteiger partial charge in [-0.2, -0.15) is 0 Å². The van der Waals surface area contributed by atoms with Crippen molar-refractivity contribution in [2.45, 2.75) is 31.1 Å². The predicted molar refractivity (Wildman–Crippen MR) is 166 cm³/mol. The van der Waals surface area contributed by atoms with Crippen LogP contribution in [-0.2, 0) is 16.9 Å². The van der Waals surface area contributed by atoms with Crippen molar-refractivity contribution >= 4 is 17.7 Å². The zero-order chi connectivity index (χ0) is 31.1. The van der Waals surface area contributed by atoms with Gasteiger partial charge in [0.1, 0.15) is 12.2 Å². The number of hydrogen-bond acceptors (Lipinski definition) is 7. The Bertz CT molecular complexity index is 1440. The van der Waals surface area contributed by atoms with E-state index in [-0.39, 0.29) is 36.7 Å². The molecule has 2 atom stereocenters. The number of carbonyl (C=O) groups is 2. The first-order valence-electron chi connectivity index (χ1n) is 14.9. The van der Waals surface area contributed by atoms with E-state index >= 15 is 0 Å². The van der Waals surface area contributed by atoms with Crippen LogP contribution in [0.2, 0.25) is 0 Å². The summed E-state index contributed by atoms with van der Waals surface area (Å²) in [5.74, 6) is -0.279. The zero-order valence-corrected chi connectivity index (χ0v) is 24.7. The molecule has 2 unspecified atom stereocenters. The van der Waals surface area contributed by atoms with Crippen molar-refractivity contribution in [2.24, 2.45) is 5.92 Å². The molecule has 3 aromatic carbocycles. The number of non-ortho nitro benzene ring substituents is 1. The molecule has 2 amide bonds. The van der Waals surface area contributed by atoms with Crippen LogP contribution in [-0.4, -0.2) is 82.0 Å². The molecule has 0 aromatic heterocycles. The highest BCUT2D eigenvalue weighted by Crippen LogP contribution is 2.38. The number of aliphatic hydroxyl groups is 1. The summed E-state index contributed by atoms with van der Waals surface area (Å²) in [5, 5.41) is 23.0. The number of benzene rings is 3. The van der Waals surface area contributed by atoms with Crippen LogP contribution in [0.25, 0.3) is 0 Å². The van der Waals surface area contributed by atoms with Gasteiger partial charge in [-0.1, -0.05) is 54.6 Å². The Morgan fingerprint density at radius 1 is 1.02 bits per heavy atom. The Labute approximate surface area is 257 Å². The summed E-state index contributed by atoms with van der Waals surface area (Å²) in [6, 6.07) is 24.6. The summed E-state index contributed by atoms with van der Waals surface area (Å²) in [6.07, 6.45) is 2.68. The van der Waals surface area contributed by atoms with Crippen LogP contribution in [0.4, 0.5) is 10.5 Å². The molecular formula is C34H38N4O6. The maximum Gasteiger partial charge on any atom is 0.410 e. The third kappa shape index (κ3) is 6.98. The van der Waals surface area contributed by atoms with Gasteiger partial charge in [0.15, 0.2) is 0 Å². The fourth-order valence-corrected chi connectivity index (χ4v) is 6.26. The van der Waals surface area contributed by atoms with Gasteiger partial charge in [0.05, 0.1) is 11.5 Å². The topological polar surface area (TPSA) is 116 Å². The molecule has 3 aromatic rings. The zero-order valence-electron chi connectivity index (χ0n) is 24.7. The molecule has 1 N–H and O–H groups in total.